The zero-order valence-electron chi connectivity index (χ0n) is 13.2. The topological polar surface area (TPSA) is 92.8 Å². The van der Waals surface area contributed by atoms with Gasteiger partial charge in [-0.15, -0.1) is 0 Å². The molecule has 0 atom stereocenters. The zero-order valence-corrected chi connectivity index (χ0v) is 13.9. The van der Waals surface area contributed by atoms with E-state index in [1.54, 1.807) is 24.1 Å². The van der Waals surface area contributed by atoms with Gasteiger partial charge in [0, 0.05) is 25.3 Å². The van der Waals surface area contributed by atoms with E-state index in [1.807, 2.05) is 6.07 Å². The molecule has 0 radical (unpaired) electrons. The van der Waals surface area contributed by atoms with Crippen LogP contribution < -0.4 is 11.1 Å². The van der Waals surface area contributed by atoms with Crippen LogP contribution in [0, 0.1) is 0 Å². The van der Waals surface area contributed by atoms with Crippen molar-refractivity contribution in [3.05, 3.63) is 29.0 Å². The predicted octanol–water partition coefficient (Wildman–Crippen LogP) is 1.76. The first kappa shape index (κ1) is 17.3. The van der Waals surface area contributed by atoms with E-state index < -0.39 is 0 Å². The number of pyridine rings is 1. The maximum absolute atomic E-state index is 11.6. The predicted molar refractivity (Wildman–Crippen MR) is 89.3 cm³/mol. The largest absolute Gasteiger partial charge is 0.450 e. The normalized spacial score (nSPS) is 16.3. The Kier molecular flexibility index (Phi) is 6.46. The Labute approximate surface area is 140 Å². The molecule has 1 aliphatic heterocycles. The van der Waals surface area contributed by atoms with Crippen LogP contribution in [0.2, 0.25) is 5.02 Å². The lowest BCUT2D eigenvalue weighted by molar-refractivity contribution is 0.0963. The molecule has 0 aromatic carbocycles. The van der Waals surface area contributed by atoms with Gasteiger partial charge in [0.15, 0.2) is 5.96 Å². The molecule has 0 aliphatic carbocycles. The van der Waals surface area contributed by atoms with Crippen LogP contribution in [0.4, 0.5) is 4.79 Å². The Morgan fingerprint density at radius 1 is 1.52 bits per heavy atom. The summed E-state index contributed by atoms with van der Waals surface area (Å²) in [6.07, 6.45) is 2.96. The monoisotopic (exact) mass is 339 g/mol. The average Bonchev–Trinajstić information content (AvgIpc) is 2.55. The summed E-state index contributed by atoms with van der Waals surface area (Å²) in [6.45, 7) is 3.91. The van der Waals surface area contributed by atoms with Crippen LogP contribution in [0.5, 0.6) is 0 Å². The van der Waals surface area contributed by atoms with Gasteiger partial charge in [0.05, 0.1) is 23.9 Å². The number of rotatable bonds is 4. The third kappa shape index (κ3) is 5.59. The highest BCUT2D eigenvalue weighted by atomic mass is 35.5. The fourth-order valence-corrected chi connectivity index (χ4v) is 2.45. The van der Waals surface area contributed by atoms with E-state index in [0.29, 0.717) is 37.2 Å². The Morgan fingerprint density at radius 2 is 2.26 bits per heavy atom. The highest BCUT2D eigenvalue weighted by molar-refractivity contribution is 6.30. The van der Waals surface area contributed by atoms with Crippen LogP contribution in [-0.4, -0.2) is 47.7 Å². The summed E-state index contributed by atoms with van der Waals surface area (Å²) in [5.74, 6) is 0.385. The van der Waals surface area contributed by atoms with Gasteiger partial charge in [-0.2, -0.15) is 0 Å². The van der Waals surface area contributed by atoms with E-state index in [4.69, 9.17) is 22.1 Å². The third-order valence-electron chi connectivity index (χ3n) is 3.57. The number of carbonyl (C=O) groups excluding carboxylic acids is 1. The molecule has 1 aliphatic rings. The van der Waals surface area contributed by atoms with Gasteiger partial charge in [0.25, 0.3) is 0 Å². The Bertz CT molecular complexity index is 541. The quantitative estimate of drug-likeness (QED) is 0.644. The van der Waals surface area contributed by atoms with Crippen molar-refractivity contribution >= 4 is 23.7 Å². The molecule has 126 valence electrons. The molecule has 1 saturated heterocycles. The number of nitrogens with one attached hydrogen (secondary N) is 1. The fourth-order valence-electron chi connectivity index (χ4n) is 2.34. The van der Waals surface area contributed by atoms with Crippen LogP contribution in [0.3, 0.4) is 0 Å². The minimum Gasteiger partial charge on any atom is -0.450 e. The van der Waals surface area contributed by atoms with E-state index in [2.05, 4.69) is 15.3 Å². The van der Waals surface area contributed by atoms with Crippen LogP contribution >= 0.6 is 11.6 Å². The molecule has 0 unspecified atom stereocenters. The van der Waals surface area contributed by atoms with Crippen LogP contribution in [0.1, 0.15) is 25.5 Å². The first-order valence-electron chi connectivity index (χ1n) is 7.67. The Morgan fingerprint density at radius 3 is 2.87 bits per heavy atom. The second-order valence-corrected chi connectivity index (χ2v) is 5.71. The molecule has 0 spiro atoms. The minimum absolute atomic E-state index is 0.211. The van der Waals surface area contributed by atoms with Gasteiger partial charge in [-0.05, 0) is 31.9 Å². The zero-order chi connectivity index (χ0) is 16.7. The van der Waals surface area contributed by atoms with Crippen molar-refractivity contribution in [1.29, 1.82) is 0 Å². The molecular formula is C15H22ClN5O2. The van der Waals surface area contributed by atoms with Crippen molar-refractivity contribution in [1.82, 2.24) is 15.2 Å². The number of halogens is 1. The van der Waals surface area contributed by atoms with E-state index >= 15 is 0 Å². The Hall–Kier alpha value is -2.02. The fraction of sp³-hybridized carbons (Fsp3) is 0.533. The maximum atomic E-state index is 11.6. The number of nitrogens with two attached hydrogens (primary N) is 1. The second-order valence-electron chi connectivity index (χ2n) is 5.27. The number of hydrogen-bond donors (Lipinski definition) is 2. The number of aliphatic imine (C=N–C) groups is 1. The van der Waals surface area contributed by atoms with Crippen LogP contribution in [-0.2, 0) is 11.3 Å². The lowest BCUT2D eigenvalue weighted by Gasteiger charge is -2.31. The number of hydrogen-bond acceptors (Lipinski definition) is 4. The van der Waals surface area contributed by atoms with Crippen molar-refractivity contribution in [3.63, 3.8) is 0 Å². The van der Waals surface area contributed by atoms with E-state index in [-0.39, 0.29) is 12.1 Å². The van der Waals surface area contributed by atoms with Crippen molar-refractivity contribution in [2.45, 2.75) is 32.4 Å². The number of guanidine groups is 1. The summed E-state index contributed by atoms with van der Waals surface area (Å²) in [4.78, 5) is 21.8. The molecule has 1 amide bonds. The van der Waals surface area contributed by atoms with Crippen LogP contribution in [0.25, 0.3) is 0 Å². The molecule has 0 bridgehead atoms. The molecule has 1 aromatic heterocycles. The van der Waals surface area contributed by atoms with Gasteiger partial charge in [0.2, 0.25) is 0 Å². The molecule has 1 fully saturated rings. The summed E-state index contributed by atoms with van der Waals surface area (Å²) >= 11 is 5.78. The second kappa shape index (κ2) is 8.57. The first-order valence-corrected chi connectivity index (χ1v) is 8.05. The third-order valence-corrected chi connectivity index (χ3v) is 3.80. The van der Waals surface area contributed by atoms with Crippen molar-refractivity contribution in [3.8, 4) is 0 Å². The standard InChI is InChI=1S/C15H22ClN5O2/c1-2-23-15(22)21-7-5-12(6-8-21)20-14(17)19-10-13-4-3-11(16)9-18-13/h3-4,9,12H,2,5-8,10H2,1H3,(H3,17,19,20). The molecule has 23 heavy (non-hydrogen) atoms. The molecule has 2 heterocycles. The SMILES string of the molecule is CCOC(=O)N1CCC(NC(N)=NCc2ccc(Cl)cn2)CC1. The number of piperidine rings is 1. The molecule has 1 aromatic rings. The number of nitrogens with zero attached hydrogens (tertiary/aromatic N) is 3. The number of ether oxygens (including phenoxy) is 1. The van der Waals surface area contributed by atoms with Crippen molar-refractivity contribution in [2.75, 3.05) is 19.7 Å². The number of likely N-dealkylation sites (tertiary alicyclic amines) is 1. The Balaban J connectivity index is 1.75. The summed E-state index contributed by atoms with van der Waals surface area (Å²) < 4.78 is 5.00. The number of carbonyl (C=O) groups is 1. The molecule has 0 saturated carbocycles. The number of amides is 1. The molecule has 3 N–H and O–H groups in total. The smallest absolute Gasteiger partial charge is 0.409 e. The minimum atomic E-state index is -0.249. The molecule has 2 rings (SSSR count). The van der Waals surface area contributed by atoms with Gasteiger partial charge in [-0.3, -0.25) is 4.98 Å². The summed E-state index contributed by atoms with van der Waals surface area (Å²) in [7, 11) is 0. The van der Waals surface area contributed by atoms with Gasteiger partial charge in [-0.1, -0.05) is 11.6 Å². The van der Waals surface area contributed by atoms with Crippen molar-refractivity contribution < 1.29 is 9.53 Å². The lowest BCUT2D eigenvalue weighted by atomic mass is 10.1. The molecule has 8 heteroatoms. The molecular weight excluding hydrogens is 318 g/mol. The van der Waals surface area contributed by atoms with Gasteiger partial charge >= 0.3 is 6.09 Å². The van der Waals surface area contributed by atoms with Crippen LogP contribution in [0.15, 0.2) is 23.3 Å². The highest BCUT2D eigenvalue weighted by Gasteiger charge is 2.23. The van der Waals surface area contributed by atoms with Gasteiger partial charge in [0.1, 0.15) is 0 Å². The first-order chi connectivity index (χ1) is 11.1. The van der Waals surface area contributed by atoms with Crippen molar-refractivity contribution in [2.24, 2.45) is 10.7 Å². The molecule has 7 nitrogen and oxygen atoms in total. The number of aromatic nitrogens is 1. The van der Waals surface area contributed by atoms with E-state index in [9.17, 15) is 4.79 Å². The maximum Gasteiger partial charge on any atom is 0.409 e. The average molecular weight is 340 g/mol. The summed E-state index contributed by atoms with van der Waals surface area (Å²) in [6, 6.07) is 3.80. The van der Waals surface area contributed by atoms with E-state index in [0.717, 1.165) is 18.5 Å². The van der Waals surface area contributed by atoms with Gasteiger partial charge in [-0.25, -0.2) is 9.79 Å². The summed E-state index contributed by atoms with van der Waals surface area (Å²) in [5.41, 5.74) is 6.71. The van der Waals surface area contributed by atoms with Gasteiger partial charge < -0.3 is 20.7 Å². The van der Waals surface area contributed by atoms with E-state index in [1.165, 1.54) is 0 Å². The lowest BCUT2D eigenvalue weighted by Crippen LogP contribution is -2.48. The highest BCUT2D eigenvalue weighted by Crippen LogP contribution is 2.11. The summed E-state index contributed by atoms with van der Waals surface area (Å²) in [5, 5.41) is 3.78.